The Kier molecular flexibility index (Phi) is 4.19. The van der Waals surface area contributed by atoms with Crippen molar-refractivity contribution in [1.29, 1.82) is 0 Å². The van der Waals surface area contributed by atoms with Crippen molar-refractivity contribution in [3.05, 3.63) is 52.6 Å². The van der Waals surface area contributed by atoms with Gasteiger partial charge in [0.05, 0.1) is 23.3 Å². The summed E-state index contributed by atoms with van der Waals surface area (Å²) in [6.07, 6.45) is 4.89. The van der Waals surface area contributed by atoms with E-state index in [4.69, 9.17) is 4.42 Å². The molecule has 3 N–H and O–H groups in total. The van der Waals surface area contributed by atoms with Gasteiger partial charge in [-0.2, -0.15) is 0 Å². The van der Waals surface area contributed by atoms with Gasteiger partial charge in [-0.05, 0) is 25.8 Å². The molecule has 0 radical (unpaired) electrons. The van der Waals surface area contributed by atoms with Gasteiger partial charge in [-0.15, -0.1) is 0 Å². The lowest BCUT2D eigenvalue weighted by atomic mass is 9.98. The van der Waals surface area contributed by atoms with Crippen molar-refractivity contribution in [2.24, 2.45) is 0 Å². The Bertz CT molecular complexity index is 912. The van der Waals surface area contributed by atoms with Gasteiger partial charge in [0.25, 0.3) is 0 Å². The second-order valence-electron chi connectivity index (χ2n) is 6.74. The summed E-state index contributed by atoms with van der Waals surface area (Å²) in [5.74, 6) is 0.863. The van der Waals surface area contributed by atoms with Crippen LogP contribution in [0.15, 0.2) is 40.0 Å². The van der Waals surface area contributed by atoms with E-state index in [2.05, 4.69) is 22.2 Å². The first-order chi connectivity index (χ1) is 12.1. The van der Waals surface area contributed by atoms with Gasteiger partial charge < -0.3 is 19.8 Å². The Morgan fingerprint density at radius 2 is 2.40 bits per heavy atom. The highest BCUT2D eigenvalue weighted by atomic mass is 16.3. The standard InChI is InChI=1S/C18H22N4O3/c1-11(5-6-12-9-19-10-25-12)20-15-7-8-22-16-13(17(15)23)3-2-4-14(16)21-18(22)24/h2-4,9-11,15,17,20,23H,5-8H2,1H3,(H,21,24)/t11-,15-,17-/m1/s1. The second kappa shape index (κ2) is 6.50. The summed E-state index contributed by atoms with van der Waals surface area (Å²) in [5.41, 5.74) is 2.28. The Balaban J connectivity index is 1.51. The summed E-state index contributed by atoms with van der Waals surface area (Å²) in [7, 11) is 0. The number of aliphatic hydroxyl groups excluding tert-OH is 1. The number of nitrogens with one attached hydrogen (secondary N) is 2. The zero-order valence-corrected chi connectivity index (χ0v) is 14.1. The molecule has 0 spiro atoms. The Morgan fingerprint density at radius 3 is 3.20 bits per heavy atom. The largest absolute Gasteiger partial charge is 0.449 e. The van der Waals surface area contributed by atoms with Gasteiger partial charge in [0, 0.05) is 30.6 Å². The smallest absolute Gasteiger partial charge is 0.326 e. The highest BCUT2D eigenvalue weighted by molar-refractivity contribution is 5.79. The van der Waals surface area contributed by atoms with E-state index in [1.807, 2.05) is 18.2 Å². The van der Waals surface area contributed by atoms with Gasteiger partial charge in [-0.1, -0.05) is 12.1 Å². The molecular weight excluding hydrogens is 320 g/mol. The second-order valence-corrected chi connectivity index (χ2v) is 6.74. The molecule has 7 heteroatoms. The maximum absolute atomic E-state index is 12.2. The molecule has 0 saturated carbocycles. The normalized spacial score (nSPS) is 21.4. The van der Waals surface area contributed by atoms with Gasteiger partial charge in [-0.3, -0.25) is 4.57 Å². The zero-order valence-electron chi connectivity index (χ0n) is 14.1. The fraction of sp³-hybridized carbons (Fsp3) is 0.444. The molecule has 2 aromatic heterocycles. The molecule has 0 aliphatic carbocycles. The van der Waals surface area contributed by atoms with Crippen LogP contribution in [0.1, 0.15) is 37.2 Å². The molecule has 25 heavy (non-hydrogen) atoms. The fourth-order valence-corrected chi connectivity index (χ4v) is 3.69. The van der Waals surface area contributed by atoms with Crippen LogP contribution in [0.5, 0.6) is 0 Å². The van der Waals surface area contributed by atoms with Crippen LogP contribution in [-0.2, 0) is 13.0 Å². The van der Waals surface area contributed by atoms with Crippen LogP contribution in [0.25, 0.3) is 11.0 Å². The van der Waals surface area contributed by atoms with E-state index >= 15 is 0 Å². The van der Waals surface area contributed by atoms with Crippen LogP contribution in [0.2, 0.25) is 0 Å². The predicted octanol–water partition coefficient (Wildman–Crippen LogP) is 1.73. The van der Waals surface area contributed by atoms with E-state index in [9.17, 15) is 9.90 Å². The average Bonchev–Trinajstić information content (AvgIpc) is 3.19. The highest BCUT2D eigenvalue weighted by Crippen LogP contribution is 2.30. The Labute approximate surface area is 144 Å². The molecule has 1 aliphatic rings. The number of aromatic nitrogens is 3. The minimum absolute atomic E-state index is 0.102. The third kappa shape index (κ3) is 3.01. The quantitative estimate of drug-likeness (QED) is 0.656. The van der Waals surface area contributed by atoms with Crippen molar-refractivity contribution in [2.75, 3.05) is 0 Å². The molecule has 1 aromatic carbocycles. The van der Waals surface area contributed by atoms with Gasteiger partial charge in [0.15, 0.2) is 6.39 Å². The molecule has 7 nitrogen and oxygen atoms in total. The molecule has 0 fully saturated rings. The van der Waals surface area contributed by atoms with Crippen molar-refractivity contribution in [3.63, 3.8) is 0 Å². The summed E-state index contributed by atoms with van der Waals surface area (Å²) in [4.78, 5) is 19.0. The summed E-state index contributed by atoms with van der Waals surface area (Å²) < 4.78 is 7.00. The van der Waals surface area contributed by atoms with Crippen molar-refractivity contribution in [1.82, 2.24) is 19.9 Å². The van der Waals surface area contributed by atoms with Crippen LogP contribution >= 0.6 is 0 Å². The third-order valence-electron chi connectivity index (χ3n) is 4.99. The summed E-state index contributed by atoms with van der Waals surface area (Å²) in [6, 6.07) is 5.75. The fourth-order valence-electron chi connectivity index (χ4n) is 3.69. The molecule has 0 amide bonds. The first-order valence-electron chi connectivity index (χ1n) is 8.66. The maximum atomic E-state index is 12.2. The molecule has 0 unspecified atom stereocenters. The van der Waals surface area contributed by atoms with E-state index in [-0.39, 0.29) is 17.8 Å². The minimum Gasteiger partial charge on any atom is -0.449 e. The number of hydrogen-bond acceptors (Lipinski definition) is 5. The van der Waals surface area contributed by atoms with E-state index in [0.29, 0.717) is 13.0 Å². The van der Waals surface area contributed by atoms with Crippen LogP contribution in [0.3, 0.4) is 0 Å². The van der Waals surface area contributed by atoms with E-state index in [0.717, 1.165) is 35.2 Å². The van der Waals surface area contributed by atoms with Crippen molar-refractivity contribution in [3.8, 4) is 0 Å². The molecule has 4 rings (SSSR count). The highest BCUT2D eigenvalue weighted by Gasteiger charge is 2.29. The number of rotatable bonds is 5. The molecule has 0 bridgehead atoms. The first-order valence-corrected chi connectivity index (χ1v) is 8.66. The van der Waals surface area contributed by atoms with Crippen molar-refractivity contribution < 1.29 is 9.52 Å². The predicted molar refractivity (Wildman–Crippen MR) is 93.3 cm³/mol. The van der Waals surface area contributed by atoms with Gasteiger partial charge in [0.1, 0.15) is 5.76 Å². The summed E-state index contributed by atoms with van der Waals surface area (Å²) in [5, 5.41) is 14.4. The SMILES string of the molecule is C[C@H](CCc1cnco1)N[C@@H]1CCn2c(=O)[nH]c3cccc(c32)[C@H]1O. The molecule has 3 heterocycles. The maximum Gasteiger partial charge on any atom is 0.326 e. The Morgan fingerprint density at radius 1 is 1.52 bits per heavy atom. The lowest BCUT2D eigenvalue weighted by Gasteiger charge is -2.26. The van der Waals surface area contributed by atoms with Crippen molar-refractivity contribution in [2.45, 2.75) is 50.9 Å². The number of oxazole rings is 1. The summed E-state index contributed by atoms with van der Waals surface area (Å²) >= 11 is 0. The molecule has 3 atom stereocenters. The van der Waals surface area contributed by atoms with Crippen molar-refractivity contribution >= 4 is 11.0 Å². The molecule has 132 valence electrons. The number of hydrogen-bond donors (Lipinski definition) is 3. The first kappa shape index (κ1) is 16.1. The number of nitrogens with zero attached hydrogens (tertiary/aromatic N) is 2. The van der Waals surface area contributed by atoms with Crippen LogP contribution in [-0.4, -0.2) is 31.7 Å². The average molecular weight is 342 g/mol. The number of aryl methyl sites for hydroxylation is 2. The van der Waals surface area contributed by atoms with Gasteiger partial charge in [0.2, 0.25) is 0 Å². The van der Waals surface area contributed by atoms with Gasteiger partial charge in [-0.25, -0.2) is 9.78 Å². The number of para-hydroxylation sites is 1. The van der Waals surface area contributed by atoms with Gasteiger partial charge >= 0.3 is 5.69 Å². The minimum atomic E-state index is -0.652. The van der Waals surface area contributed by atoms with E-state index in [1.165, 1.54) is 6.39 Å². The third-order valence-corrected chi connectivity index (χ3v) is 4.99. The lowest BCUT2D eigenvalue weighted by Crippen LogP contribution is -2.41. The molecule has 3 aromatic rings. The number of aliphatic hydroxyl groups is 1. The zero-order chi connectivity index (χ0) is 17.4. The van der Waals surface area contributed by atoms with Crippen LogP contribution in [0, 0.1) is 0 Å². The molecule has 1 aliphatic heterocycles. The van der Waals surface area contributed by atoms with E-state index in [1.54, 1.807) is 10.8 Å². The topological polar surface area (TPSA) is 96.1 Å². The number of benzene rings is 1. The van der Waals surface area contributed by atoms with Crippen LogP contribution in [0.4, 0.5) is 0 Å². The molecule has 0 saturated heterocycles. The van der Waals surface area contributed by atoms with E-state index < -0.39 is 6.10 Å². The monoisotopic (exact) mass is 342 g/mol. The summed E-state index contributed by atoms with van der Waals surface area (Å²) in [6.45, 7) is 2.68. The number of H-pyrrole nitrogens is 1. The molecular formula is C18H22N4O3. The number of aromatic amines is 1. The number of imidazole rings is 1. The lowest BCUT2D eigenvalue weighted by molar-refractivity contribution is 0.118. The van der Waals surface area contributed by atoms with Crippen LogP contribution < -0.4 is 11.0 Å². The Hall–Kier alpha value is -2.38.